The molecule has 0 radical (unpaired) electrons. The van der Waals surface area contributed by atoms with Crippen molar-refractivity contribution in [2.45, 2.75) is 12.8 Å². The molecule has 3 heterocycles. The molecule has 2 aromatic rings. The average molecular weight is 282 g/mol. The second kappa shape index (κ2) is 4.78. The van der Waals surface area contributed by atoms with Crippen molar-refractivity contribution in [2.75, 3.05) is 24.6 Å². The van der Waals surface area contributed by atoms with Crippen molar-refractivity contribution in [3.05, 3.63) is 21.7 Å². The van der Waals surface area contributed by atoms with Crippen LogP contribution in [0.4, 0.5) is 11.6 Å². The number of hydrogen-bond donors (Lipinski definition) is 1. The summed E-state index contributed by atoms with van der Waals surface area (Å²) in [6.07, 6.45) is 3.37. The van der Waals surface area contributed by atoms with Crippen LogP contribution in [0.15, 0.2) is 11.6 Å². The maximum atomic E-state index is 11.2. The lowest BCUT2D eigenvalue weighted by Crippen LogP contribution is -2.21. The molecule has 0 bridgehead atoms. The van der Waals surface area contributed by atoms with Gasteiger partial charge in [-0.2, -0.15) is 9.38 Å². The van der Waals surface area contributed by atoms with Crippen LogP contribution in [-0.2, 0) is 0 Å². The van der Waals surface area contributed by atoms with Crippen LogP contribution >= 0.6 is 11.3 Å². The number of hydrogen-bond acceptors (Lipinski definition) is 6. The van der Waals surface area contributed by atoms with E-state index in [2.05, 4.69) is 4.98 Å². The lowest BCUT2D eigenvalue weighted by atomic mass is 10.1. The number of nitrogens with zero attached hydrogens (tertiary/aromatic N) is 4. The zero-order chi connectivity index (χ0) is 13.4. The van der Waals surface area contributed by atoms with E-state index in [1.54, 1.807) is 11.6 Å². The zero-order valence-electron chi connectivity index (χ0n) is 10.2. The Morgan fingerprint density at radius 2 is 2.47 bits per heavy atom. The fraction of sp³-hybridized carbons (Fsp3) is 0.545. The minimum atomic E-state index is -0.374. The number of thiazole rings is 1. The number of anilines is 1. The molecule has 7 nitrogen and oxygen atoms in total. The molecule has 0 aromatic carbocycles. The third-order valence-corrected chi connectivity index (χ3v) is 4.27. The highest BCUT2D eigenvalue weighted by Gasteiger charge is 2.32. The van der Waals surface area contributed by atoms with Crippen LogP contribution in [0.2, 0.25) is 0 Å². The molecule has 19 heavy (non-hydrogen) atoms. The van der Waals surface area contributed by atoms with E-state index >= 15 is 0 Å². The second-order valence-electron chi connectivity index (χ2n) is 4.68. The minimum Gasteiger partial charge on any atom is -0.396 e. The Hall–Kier alpha value is -1.67. The van der Waals surface area contributed by atoms with Crippen molar-refractivity contribution >= 4 is 27.9 Å². The van der Waals surface area contributed by atoms with E-state index in [9.17, 15) is 10.1 Å². The summed E-state index contributed by atoms with van der Waals surface area (Å²) >= 11 is 1.39. The summed E-state index contributed by atoms with van der Waals surface area (Å²) in [5, 5.41) is 22.0. The van der Waals surface area contributed by atoms with E-state index in [-0.39, 0.29) is 17.3 Å². The SMILES string of the molecule is O=[N+]([O-])c1c(N2CCC(CCO)C2)nc2sccn12. The fourth-order valence-corrected chi connectivity index (χ4v) is 3.29. The Labute approximate surface area is 113 Å². The third-order valence-electron chi connectivity index (χ3n) is 3.51. The predicted octanol–water partition coefficient (Wildman–Crippen LogP) is 1.51. The quantitative estimate of drug-likeness (QED) is 0.679. The molecule has 1 N–H and O–H groups in total. The van der Waals surface area contributed by atoms with Crippen molar-refractivity contribution in [3.8, 4) is 0 Å². The first-order chi connectivity index (χ1) is 9.20. The summed E-state index contributed by atoms with van der Waals surface area (Å²) < 4.78 is 1.53. The first kappa shape index (κ1) is 12.4. The van der Waals surface area contributed by atoms with Gasteiger partial charge in [-0.3, -0.25) is 0 Å². The van der Waals surface area contributed by atoms with Gasteiger partial charge in [0.1, 0.15) is 6.20 Å². The molecule has 1 unspecified atom stereocenters. The molecule has 1 aliphatic heterocycles. The van der Waals surface area contributed by atoms with Gasteiger partial charge in [-0.25, -0.2) is 0 Å². The number of imidazole rings is 1. The number of aromatic nitrogens is 2. The molecule has 3 rings (SSSR count). The van der Waals surface area contributed by atoms with E-state index in [0.29, 0.717) is 16.7 Å². The summed E-state index contributed by atoms with van der Waals surface area (Å²) in [5.41, 5.74) is 0. The highest BCUT2D eigenvalue weighted by atomic mass is 32.1. The maximum Gasteiger partial charge on any atom is 0.373 e. The van der Waals surface area contributed by atoms with Gasteiger partial charge in [-0.05, 0) is 23.7 Å². The summed E-state index contributed by atoms with van der Waals surface area (Å²) in [6, 6.07) is 0. The molecular weight excluding hydrogens is 268 g/mol. The molecule has 0 spiro atoms. The van der Waals surface area contributed by atoms with Gasteiger partial charge in [-0.1, -0.05) is 11.3 Å². The van der Waals surface area contributed by atoms with Gasteiger partial charge in [0, 0.05) is 25.1 Å². The normalized spacial score (nSPS) is 19.4. The number of fused-ring (bicyclic) bond motifs is 1. The lowest BCUT2D eigenvalue weighted by molar-refractivity contribution is -0.389. The highest BCUT2D eigenvalue weighted by Crippen LogP contribution is 2.34. The fourth-order valence-electron chi connectivity index (χ4n) is 2.59. The smallest absolute Gasteiger partial charge is 0.373 e. The Balaban J connectivity index is 1.94. The van der Waals surface area contributed by atoms with Crippen molar-refractivity contribution in [2.24, 2.45) is 5.92 Å². The van der Waals surface area contributed by atoms with Crippen LogP contribution in [0.3, 0.4) is 0 Å². The predicted molar refractivity (Wildman–Crippen MR) is 71.7 cm³/mol. The number of aliphatic hydroxyl groups excluding tert-OH is 1. The van der Waals surface area contributed by atoms with E-state index in [1.165, 1.54) is 15.7 Å². The van der Waals surface area contributed by atoms with Gasteiger partial charge < -0.3 is 20.1 Å². The first-order valence-corrected chi connectivity index (χ1v) is 7.04. The minimum absolute atomic E-state index is 0.0425. The van der Waals surface area contributed by atoms with E-state index in [4.69, 9.17) is 5.11 Å². The summed E-state index contributed by atoms with van der Waals surface area (Å²) in [6.45, 7) is 1.65. The van der Waals surface area contributed by atoms with Crippen molar-refractivity contribution < 1.29 is 10.0 Å². The molecule has 0 saturated carbocycles. The largest absolute Gasteiger partial charge is 0.396 e. The average Bonchev–Trinajstić information content (AvgIpc) is 3.00. The maximum absolute atomic E-state index is 11.2. The van der Waals surface area contributed by atoms with Crippen LogP contribution in [0.25, 0.3) is 4.96 Å². The molecule has 2 aromatic heterocycles. The third kappa shape index (κ3) is 2.06. The Bertz CT molecular complexity index is 608. The lowest BCUT2D eigenvalue weighted by Gasteiger charge is -2.14. The Morgan fingerprint density at radius 1 is 1.63 bits per heavy atom. The highest BCUT2D eigenvalue weighted by molar-refractivity contribution is 7.15. The van der Waals surface area contributed by atoms with Gasteiger partial charge in [-0.15, -0.1) is 0 Å². The van der Waals surface area contributed by atoms with Crippen molar-refractivity contribution in [1.82, 2.24) is 9.38 Å². The van der Waals surface area contributed by atoms with Gasteiger partial charge in [0.2, 0.25) is 5.82 Å². The van der Waals surface area contributed by atoms with Gasteiger partial charge >= 0.3 is 5.82 Å². The van der Waals surface area contributed by atoms with E-state index in [0.717, 1.165) is 25.9 Å². The van der Waals surface area contributed by atoms with Crippen LogP contribution < -0.4 is 4.90 Å². The molecule has 0 amide bonds. The molecule has 1 atom stereocenters. The van der Waals surface area contributed by atoms with Gasteiger partial charge in [0.05, 0.1) is 0 Å². The van der Waals surface area contributed by atoms with Crippen molar-refractivity contribution in [3.63, 3.8) is 0 Å². The van der Waals surface area contributed by atoms with Crippen LogP contribution in [-0.4, -0.2) is 39.1 Å². The topological polar surface area (TPSA) is 83.9 Å². The number of rotatable bonds is 4. The number of aliphatic hydroxyl groups is 1. The van der Waals surface area contributed by atoms with Gasteiger partial charge in [0.25, 0.3) is 4.96 Å². The van der Waals surface area contributed by atoms with Crippen LogP contribution in [0, 0.1) is 16.0 Å². The molecule has 102 valence electrons. The summed E-state index contributed by atoms with van der Waals surface area (Å²) in [4.78, 5) is 17.8. The molecule has 1 fully saturated rings. The van der Waals surface area contributed by atoms with Crippen LogP contribution in [0.1, 0.15) is 12.8 Å². The van der Waals surface area contributed by atoms with Gasteiger partial charge in [0.15, 0.2) is 0 Å². The summed E-state index contributed by atoms with van der Waals surface area (Å²) in [7, 11) is 0. The first-order valence-electron chi connectivity index (χ1n) is 6.16. The second-order valence-corrected chi connectivity index (χ2v) is 5.56. The molecule has 1 saturated heterocycles. The van der Waals surface area contributed by atoms with Crippen molar-refractivity contribution in [1.29, 1.82) is 0 Å². The Morgan fingerprint density at radius 3 is 3.21 bits per heavy atom. The molecular formula is C11H14N4O3S. The zero-order valence-corrected chi connectivity index (χ0v) is 11.0. The molecule has 1 aliphatic rings. The van der Waals surface area contributed by atoms with Crippen LogP contribution in [0.5, 0.6) is 0 Å². The van der Waals surface area contributed by atoms with E-state index < -0.39 is 0 Å². The Kier molecular flexibility index (Phi) is 3.11. The number of nitro groups is 1. The monoisotopic (exact) mass is 282 g/mol. The summed E-state index contributed by atoms with van der Waals surface area (Å²) in [5.74, 6) is 0.891. The molecule has 0 aliphatic carbocycles. The van der Waals surface area contributed by atoms with E-state index in [1.807, 2.05) is 4.90 Å². The standard InChI is InChI=1S/C11H14N4O3S/c16-5-2-8-1-3-13(7-8)9-10(15(17)18)14-4-6-19-11(14)12-9/h4,6,8,16H,1-3,5,7H2. The molecule has 8 heteroatoms.